The predicted octanol–water partition coefficient (Wildman–Crippen LogP) is 4.49. The fraction of sp³-hybridized carbons (Fsp3) is 0.368. The first-order valence-corrected chi connectivity index (χ1v) is 9.77. The molecule has 4 rings (SSSR count). The topological polar surface area (TPSA) is 75.8 Å². The zero-order chi connectivity index (χ0) is 19.1. The van der Waals surface area contributed by atoms with Gasteiger partial charge in [-0.25, -0.2) is 9.67 Å². The van der Waals surface area contributed by atoms with Gasteiger partial charge in [-0.15, -0.1) is 0 Å². The summed E-state index contributed by atoms with van der Waals surface area (Å²) in [5.41, 5.74) is 9.71. The van der Waals surface area contributed by atoms with Crippen LogP contribution < -0.4 is 10.6 Å². The number of hydrogen-bond acceptors (Lipinski definition) is 4. The first-order chi connectivity index (χ1) is 12.9. The van der Waals surface area contributed by atoms with Gasteiger partial charge in [0.15, 0.2) is 5.95 Å². The van der Waals surface area contributed by atoms with E-state index in [1.807, 2.05) is 30.7 Å². The molecule has 0 radical (unpaired) electrons. The Morgan fingerprint density at radius 1 is 1.19 bits per heavy atom. The minimum atomic E-state index is 0.419. The van der Waals surface area contributed by atoms with Crippen LogP contribution in [0.25, 0.3) is 5.69 Å². The van der Waals surface area contributed by atoms with Gasteiger partial charge in [0.25, 0.3) is 0 Å². The highest BCUT2D eigenvalue weighted by Gasteiger charge is 2.26. The fourth-order valence-electron chi connectivity index (χ4n) is 3.82. The third-order valence-corrected chi connectivity index (χ3v) is 5.93. The van der Waals surface area contributed by atoms with Crippen LogP contribution in [0, 0.1) is 13.8 Å². The lowest BCUT2D eigenvalue weighted by molar-refractivity contribution is 0.490. The molecule has 0 atom stereocenters. The number of H-pyrrole nitrogens is 1. The third-order valence-electron chi connectivity index (χ3n) is 5.12. The molecule has 1 aliphatic rings. The van der Waals surface area contributed by atoms with Crippen molar-refractivity contribution >= 4 is 35.0 Å². The molecule has 1 fully saturated rings. The van der Waals surface area contributed by atoms with Crippen LogP contribution in [0.2, 0.25) is 10.0 Å². The van der Waals surface area contributed by atoms with Crippen molar-refractivity contribution in [3.05, 3.63) is 51.4 Å². The number of aromatic amines is 1. The maximum Gasteiger partial charge on any atom is 0.197 e. The van der Waals surface area contributed by atoms with Crippen LogP contribution >= 0.6 is 23.2 Å². The fourth-order valence-corrected chi connectivity index (χ4v) is 4.20. The quantitative estimate of drug-likeness (QED) is 0.674. The molecule has 0 unspecified atom stereocenters. The van der Waals surface area contributed by atoms with Crippen LogP contribution in [0.3, 0.4) is 0 Å². The molecule has 142 valence electrons. The Kier molecular flexibility index (Phi) is 4.78. The van der Waals surface area contributed by atoms with Crippen LogP contribution in [-0.2, 0) is 0 Å². The van der Waals surface area contributed by atoms with E-state index in [1.54, 1.807) is 6.07 Å². The Morgan fingerprint density at radius 3 is 2.59 bits per heavy atom. The minimum Gasteiger partial charge on any atom is -0.369 e. The molecule has 0 spiro atoms. The number of piperidine rings is 1. The highest BCUT2D eigenvalue weighted by molar-refractivity contribution is 6.43. The van der Waals surface area contributed by atoms with Crippen molar-refractivity contribution in [2.45, 2.75) is 32.6 Å². The molecule has 3 N–H and O–H groups in total. The molecule has 0 amide bonds. The number of aryl methyl sites for hydroxylation is 2. The molecule has 8 heteroatoms. The molecule has 1 aromatic carbocycles. The molecule has 3 aromatic rings. The SMILES string of the molecule is Cc1cc(N2CCC(c3nc(N)[nH]c3C)CC2)n(-c2cccc(Cl)c2Cl)n1. The van der Waals surface area contributed by atoms with E-state index >= 15 is 0 Å². The van der Waals surface area contributed by atoms with E-state index in [0.717, 1.165) is 54.5 Å². The number of nitrogen functional groups attached to an aromatic ring is 1. The maximum absolute atomic E-state index is 6.44. The van der Waals surface area contributed by atoms with E-state index in [1.165, 1.54) is 0 Å². The van der Waals surface area contributed by atoms with E-state index < -0.39 is 0 Å². The molecular formula is C19H22Cl2N6. The van der Waals surface area contributed by atoms with Crippen molar-refractivity contribution in [1.82, 2.24) is 19.7 Å². The van der Waals surface area contributed by atoms with Gasteiger partial charge in [-0.2, -0.15) is 5.10 Å². The smallest absolute Gasteiger partial charge is 0.197 e. The van der Waals surface area contributed by atoms with Crippen molar-refractivity contribution in [3.8, 4) is 5.69 Å². The summed E-state index contributed by atoms with van der Waals surface area (Å²) < 4.78 is 1.89. The molecule has 3 heterocycles. The van der Waals surface area contributed by atoms with E-state index in [0.29, 0.717) is 21.9 Å². The number of imidazole rings is 1. The summed E-state index contributed by atoms with van der Waals surface area (Å²) in [6.45, 7) is 5.85. The Hall–Kier alpha value is -2.18. The second kappa shape index (κ2) is 7.09. The van der Waals surface area contributed by atoms with E-state index in [2.05, 4.69) is 26.0 Å². The van der Waals surface area contributed by atoms with Gasteiger partial charge >= 0.3 is 0 Å². The van der Waals surface area contributed by atoms with Gasteiger partial charge in [0.1, 0.15) is 5.82 Å². The first kappa shape index (κ1) is 18.2. The zero-order valence-electron chi connectivity index (χ0n) is 15.3. The third kappa shape index (κ3) is 3.39. The van der Waals surface area contributed by atoms with E-state index in [4.69, 9.17) is 28.9 Å². The molecule has 2 aromatic heterocycles. The van der Waals surface area contributed by atoms with E-state index in [9.17, 15) is 0 Å². The van der Waals surface area contributed by atoms with Gasteiger partial charge in [0.05, 0.1) is 27.1 Å². The van der Waals surface area contributed by atoms with Gasteiger partial charge in [-0.1, -0.05) is 29.3 Å². The Morgan fingerprint density at radius 2 is 1.93 bits per heavy atom. The second-order valence-electron chi connectivity index (χ2n) is 7.02. The van der Waals surface area contributed by atoms with Crippen molar-refractivity contribution in [3.63, 3.8) is 0 Å². The van der Waals surface area contributed by atoms with Gasteiger partial charge in [-0.05, 0) is 38.8 Å². The van der Waals surface area contributed by atoms with E-state index in [-0.39, 0.29) is 0 Å². The molecule has 0 aliphatic carbocycles. The molecule has 1 saturated heterocycles. The van der Waals surface area contributed by atoms with Crippen molar-refractivity contribution < 1.29 is 0 Å². The Bertz CT molecular complexity index is 969. The molecule has 1 aliphatic heterocycles. The summed E-state index contributed by atoms with van der Waals surface area (Å²) in [7, 11) is 0. The Balaban J connectivity index is 1.59. The lowest BCUT2D eigenvalue weighted by atomic mass is 9.92. The number of aromatic nitrogens is 4. The molecule has 6 nitrogen and oxygen atoms in total. The summed E-state index contributed by atoms with van der Waals surface area (Å²) in [6, 6.07) is 7.70. The number of rotatable bonds is 3. The number of nitrogens with zero attached hydrogens (tertiary/aromatic N) is 4. The number of nitrogens with two attached hydrogens (primary N) is 1. The van der Waals surface area contributed by atoms with Crippen LogP contribution in [-0.4, -0.2) is 32.8 Å². The molecular weight excluding hydrogens is 383 g/mol. The van der Waals surface area contributed by atoms with Crippen molar-refractivity contribution in [2.75, 3.05) is 23.7 Å². The zero-order valence-corrected chi connectivity index (χ0v) is 16.8. The van der Waals surface area contributed by atoms with Gasteiger partial charge < -0.3 is 15.6 Å². The van der Waals surface area contributed by atoms with Crippen LogP contribution in [0.5, 0.6) is 0 Å². The monoisotopic (exact) mass is 404 g/mol. The van der Waals surface area contributed by atoms with Crippen LogP contribution in [0.4, 0.5) is 11.8 Å². The summed E-state index contributed by atoms with van der Waals surface area (Å²) in [6.07, 6.45) is 2.03. The van der Waals surface area contributed by atoms with Gasteiger partial charge in [-0.3, -0.25) is 0 Å². The van der Waals surface area contributed by atoms with Crippen LogP contribution in [0.15, 0.2) is 24.3 Å². The average Bonchev–Trinajstić information content (AvgIpc) is 3.19. The minimum absolute atomic E-state index is 0.419. The maximum atomic E-state index is 6.44. The molecule has 0 bridgehead atoms. The summed E-state index contributed by atoms with van der Waals surface area (Å²) in [5.74, 6) is 1.95. The molecule has 27 heavy (non-hydrogen) atoms. The highest BCUT2D eigenvalue weighted by atomic mass is 35.5. The number of halogens is 2. The second-order valence-corrected chi connectivity index (χ2v) is 7.81. The van der Waals surface area contributed by atoms with Gasteiger partial charge in [0, 0.05) is 30.8 Å². The van der Waals surface area contributed by atoms with Crippen LogP contribution in [0.1, 0.15) is 35.8 Å². The number of nitrogens with one attached hydrogen (secondary N) is 1. The standard InChI is InChI=1S/C19H22Cl2N6/c1-11-10-16(27(25-11)15-5-3-4-14(20)17(15)21)26-8-6-13(7-9-26)18-12(2)23-19(22)24-18/h3-5,10,13H,6-9H2,1-2H3,(H3,22,23,24). The summed E-state index contributed by atoms with van der Waals surface area (Å²) in [5, 5.41) is 5.69. The highest BCUT2D eigenvalue weighted by Crippen LogP contribution is 2.35. The number of anilines is 2. The Labute approximate surface area is 168 Å². The molecule has 0 saturated carbocycles. The summed E-state index contributed by atoms with van der Waals surface area (Å²) in [4.78, 5) is 9.93. The van der Waals surface area contributed by atoms with Crippen molar-refractivity contribution in [2.24, 2.45) is 0 Å². The van der Waals surface area contributed by atoms with Crippen molar-refractivity contribution in [1.29, 1.82) is 0 Å². The average molecular weight is 405 g/mol. The predicted molar refractivity (Wildman–Crippen MR) is 110 cm³/mol. The normalized spacial score (nSPS) is 15.5. The number of benzene rings is 1. The lowest BCUT2D eigenvalue weighted by Crippen LogP contribution is -2.34. The largest absolute Gasteiger partial charge is 0.369 e. The first-order valence-electron chi connectivity index (χ1n) is 9.02. The lowest BCUT2D eigenvalue weighted by Gasteiger charge is -2.33. The number of hydrogen-bond donors (Lipinski definition) is 2. The summed E-state index contributed by atoms with van der Waals surface area (Å²) >= 11 is 12.6. The van der Waals surface area contributed by atoms with Gasteiger partial charge in [0.2, 0.25) is 0 Å².